The van der Waals surface area contributed by atoms with E-state index in [1.165, 1.54) is 37.9 Å². The lowest BCUT2D eigenvalue weighted by atomic mass is 9.67. The number of thiophene rings is 2. The minimum absolute atomic E-state index is 0.115. The molecule has 1 aromatic carbocycles. The number of rotatable bonds is 3. The molecule has 2 saturated carbocycles. The summed E-state index contributed by atoms with van der Waals surface area (Å²) in [5.41, 5.74) is 0.624. The number of amides is 1. The predicted molar refractivity (Wildman–Crippen MR) is 122 cm³/mol. The van der Waals surface area contributed by atoms with Crippen molar-refractivity contribution in [2.45, 2.75) is 59.9 Å². The predicted octanol–water partition coefficient (Wildman–Crippen LogP) is 6.87. The minimum Gasteiger partial charge on any atom is -0.348 e. The van der Waals surface area contributed by atoms with Crippen LogP contribution in [0.1, 0.15) is 62.0 Å². The molecule has 2 aromatic heterocycles. The van der Waals surface area contributed by atoms with Gasteiger partial charge in [-0.05, 0) is 66.2 Å². The van der Waals surface area contributed by atoms with Crippen molar-refractivity contribution in [1.82, 2.24) is 5.32 Å². The summed E-state index contributed by atoms with van der Waals surface area (Å²) in [7, 11) is 0. The maximum absolute atomic E-state index is 13.2. The van der Waals surface area contributed by atoms with Crippen molar-refractivity contribution in [3.63, 3.8) is 0 Å². The van der Waals surface area contributed by atoms with Gasteiger partial charge < -0.3 is 5.32 Å². The second kappa shape index (κ2) is 6.06. The number of hydrogen-bond acceptors (Lipinski definition) is 3. The molecule has 5 rings (SSSR count). The molecule has 2 aliphatic carbocycles. The fraction of sp³-hybridized carbons (Fsp3) is 0.542. The zero-order valence-electron chi connectivity index (χ0n) is 17.4. The molecular weight excluding hydrogens is 382 g/mol. The van der Waals surface area contributed by atoms with Gasteiger partial charge in [0.15, 0.2) is 0 Å². The first-order valence-corrected chi connectivity index (χ1v) is 12.2. The third kappa shape index (κ3) is 2.34. The van der Waals surface area contributed by atoms with Crippen molar-refractivity contribution >= 4 is 48.8 Å². The van der Waals surface area contributed by atoms with Gasteiger partial charge in [0, 0.05) is 31.1 Å². The summed E-state index contributed by atoms with van der Waals surface area (Å²) in [5, 5.41) is 5.99. The van der Waals surface area contributed by atoms with E-state index in [1.54, 1.807) is 11.3 Å². The molecule has 2 bridgehead atoms. The van der Waals surface area contributed by atoms with E-state index in [1.807, 2.05) is 11.3 Å². The molecule has 148 valence electrons. The Bertz CT molecular complexity index is 1090. The molecule has 2 fully saturated rings. The molecule has 0 saturated heterocycles. The Labute approximate surface area is 175 Å². The summed E-state index contributed by atoms with van der Waals surface area (Å²) in [6.45, 7) is 11.8. The van der Waals surface area contributed by atoms with Crippen LogP contribution in [0.2, 0.25) is 0 Å². The molecule has 2 heterocycles. The second-order valence-corrected chi connectivity index (χ2v) is 11.9. The fourth-order valence-corrected chi connectivity index (χ4v) is 8.17. The van der Waals surface area contributed by atoms with Gasteiger partial charge in [-0.3, -0.25) is 4.79 Å². The first kappa shape index (κ1) is 18.6. The average molecular weight is 412 g/mol. The van der Waals surface area contributed by atoms with Gasteiger partial charge in [-0.1, -0.05) is 34.6 Å². The van der Waals surface area contributed by atoms with E-state index >= 15 is 0 Å². The molecule has 4 atom stereocenters. The van der Waals surface area contributed by atoms with Crippen LogP contribution in [-0.4, -0.2) is 11.9 Å². The standard InChI is InChI=1S/C24H29NOS2/c1-6-14-11-15-16-12-20(28-19(16)8-7-18(15)27-14)22(26)25-21-13(2)24(5)10-9-17(21)23(24,3)4/h7-8,11-13,17,21H,6,9-10H2,1-5H3,(H,25,26)/t13-,17+,21+,24-/m0/s1. The average Bonchev–Trinajstić information content (AvgIpc) is 3.35. The van der Waals surface area contributed by atoms with E-state index in [9.17, 15) is 4.79 Å². The lowest BCUT2D eigenvalue weighted by Gasteiger charge is -2.38. The van der Waals surface area contributed by atoms with Crippen LogP contribution in [0.4, 0.5) is 0 Å². The molecule has 0 radical (unpaired) electrons. The van der Waals surface area contributed by atoms with Crippen molar-refractivity contribution in [3.8, 4) is 0 Å². The van der Waals surface area contributed by atoms with Crippen molar-refractivity contribution in [3.05, 3.63) is 34.0 Å². The van der Waals surface area contributed by atoms with Gasteiger partial charge in [0.05, 0.1) is 4.88 Å². The summed E-state index contributed by atoms with van der Waals surface area (Å²) in [6, 6.07) is 9.10. The van der Waals surface area contributed by atoms with Gasteiger partial charge in [0.1, 0.15) is 0 Å². The van der Waals surface area contributed by atoms with Gasteiger partial charge in [-0.25, -0.2) is 0 Å². The lowest BCUT2D eigenvalue weighted by Crippen LogP contribution is -2.44. The van der Waals surface area contributed by atoms with Gasteiger partial charge in [0.25, 0.3) is 5.91 Å². The summed E-state index contributed by atoms with van der Waals surface area (Å²) in [4.78, 5) is 15.5. The largest absolute Gasteiger partial charge is 0.348 e. The molecule has 1 amide bonds. The van der Waals surface area contributed by atoms with Crippen LogP contribution in [0.3, 0.4) is 0 Å². The van der Waals surface area contributed by atoms with E-state index in [2.05, 4.69) is 64.2 Å². The lowest BCUT2D eigenvalue weighted by molar-refractivity contribution is 0.0877. The Morgan fingerprint density at radius 2 is 1.82 bits per heavy atom. The Balaban J connectivity index is 1.47. The third-order valence-electron chi connectivity index (χ3n) is 8.47. The Morgan fingerprint density at radius 3 is 2.46 bits per heavy atom. The molecule has 2 nitrogen and oxygen atoms in total. The van der Waals surface area contributed by atoms with E-state index in [0.717, 1.165) is 11.3 Å². The zero-order chi connectivity index (χ0) is 19.8. The highest BCUT2D eigenvalue weighted by Crippen LogP contribution is 2.67. The number of hydrogen-bond donors (Lipinski definition) is 1. The minimum atomic E-state index is 0.115. The molecular formula is C24H29NOS2. The SMILES string of the molecule is CCc1cc2c(ccc3sc(C(=O)N[C@H]4[C@H]5CC[C@@](C)([C@H]4C)C5(C)C)cc32)s1. The van der Waals surface area contributed by atoms with Crippen molar-refractivity contribution in [2.75, 3.05) is 0 Å². The van der Waals surface area contributed by atoms with Crippen LogP contribution in [0.15, 0.2) is 24.3 Å². The van der Waals surface area contributed by atoms with Crippen LogP contribution in [0.25, 0.3) is 20.2 Å². The van der Waals surface area contributed by atoms with Crippen molar-refractivity contribution < 1.29 is 4.79 Å². The first-order chi connectivity index (χ1) is 13.3. The van der Waals surface area contributed by atoms with E-state index in [4.69, 9.17) is 0 Å². The number of fused-ring (bicyclic) bond motifs is 5. The summed E-state index contributed by atoms with van der Waals surface area (Å²) in [6.07, 6.45) is 3.59. The van der Waals surface area contributed by atoms with Crippen LogP contribution in [0, 0.1) is 22.7 Å². The zero-order valence-corrected chi connectivity index (χ0v) is 19.0. The molecule has 3 aromatic rings. The monoisotopic (exact) mass is 411 g/mol. The van der Waals surface area contributed by atoms with Gasteiger partial charge in [-0.2, -0.15) is 0 Å². The maximum Gasteiger partial charge on any atom is 0.261 e. The van der Waals surface area contributed by atoms with Gasteiger partial charge in [-0.15, -0.1) is 22.7 Å². The number of carbonyl (C=O) groups excluding carboxylic acids is 1. The third-order valence-corrected chi connectivity index (χ3v) is 10.8. The number of benzene rings is 1. The van der Waals surface area contributed by atoms with E-state index in [0.29, 0.717) is 28.7 Å². The normalized spacial score (nSPS) is 31.1. The highest BCUT2D eigenvalue weighted by molar-refractivity contribution is 7.22. The number of carbonyl (C=O) groups is 1. The second-order valence-electron chi connectivity index (χ2n) is 9.64. The topological polar surface area (TPSA) is 29.1 Å². The van der Waals surface area contributed by atoms with E-state index < -0.39 is 0 Å². The summed E-state index contributed by atoms with van der Waals surface area (Å²) in [5.74, 6) is 1.22. The quantitative estimate of drug-likeness (QED) is 0.500. The Morgan fingerprint density at radius 1 is 1.14 bits per heavy atom. The molecule has 2 aliphatic rings. The van der Waals surface area contributed by atoms with Crippen LogP contribution < -0.4 is 5.32 Å². The Kier molecular flexibility index (Phi) is 4.03. The maximum atomic E-state index is 13.2. The fourth-order valence-electron chi connectivity index (χ4n) is 6.17. The summed E-state index contributed by atoms with van der Waals surface area (Å²) < 4.78 is 2.54. The van der Waals surface area contributed by atoms with Crippen molar-refractivity contribution in [1.29, 1.82) is 0 Å². The highest BCUT2D eigenvalue weighted by atomic mass is 32.1. The molecule has 0 unspecified atom stereocenters. The first-order valence-electron chi connectivity index (χ1n) is 10.5. The van der Waals surface area contributed by atoms with Gasteiger partial charge >= 0.3 is 0 Å². The smallest absolute Gasteiger partial charge is 0.261 e. The molecule has 1 N–H and O–H groups in total. The number of aryl methyl sites for hydroxylation is 1. The molecule has 28 heavy (non-hydrogen) atoms. The van der Waals surface area contributed by atoms with Crippen LogP contribution in [0.5, 0.6) is 0 Å². The van der Waals surface area contributed by atoms with Crippen molar-refractivity contribution in [2.24, 2.45) is 22.7 Å². The molecule has 0 spiro atoms. The van der Waals surface area contributed by atoms with Crippen LogP contribution >= 0.6 is 22.7 Å². The van der Waals surface area contributed by atoms with E-state index in [-0.39, 0.29) is 5.91 Å². The van der Waals surface area contributed by atoms with Gasteiger partial charge in [0.2, 0.25) is 0 Å². The summed E-state index contributed by atoms with van der Waals surface area (Å²) >= 11 is 3.50. The molecule has 0 aliphatic heterocycles. The van der Waals surface area contributed by atoms with Crippen LogP contribution in [-0.2, 0) is 6.42 Å². The Hall–Kier alpha value is -1.39. The molecule has 4 heteroatoms. The number of nitrogens with one attached hydrogen (secondary N) is 1. The highest BCUT2D eigenvalue weighted by Gasteiger charge is 2.64.